The van der Waals surface area contributed by atoms with E-state index in [0.29, 0.717) is 60.8 Å². The maximum Gasteiger partial charge on any atom is 0.249 e. The second-order valence-corrected chi connectivity index (χ2v) is 20.3. The quantitative estimate of drug-likeness (QED) is 0.100. The van der Waals surface area contributed by atoms with Crippen molar-refractivity contribution in [3.8, 4) is 0 Å². The lowest BCUT2D eigenvalue weighted by Gasteiger charge is -2.37. The van der Waals surface area contributed by atoms with Gasteiger partial charge in [-0.05, 0) is 73.2 Å². The van der Waals surface area contributed by atoms with Crippen LogP contribution in [0.15, 0.2) is 109 Å². The van der Waals surface area contributed by atoms with Gasteiger partial charge in [0.1, 0.15) is 17.1 Å². The summed E-state index contributed by atoms with van der Waals surface area (Å²) in [7, 11) is 0. The highest BCUT2D eigenvalue weighted by molar-refractivity contribution is 6.32. The molecule has 2 aliphatic heterocycles. The molecular weight excluding hydrogens is 958 g/mol. The average Bonchev–Trinajstić information content (AvgIpc) is 3.74. The number of halogens is 6. The molecule has 372 valence electrons. The van der Waals surface area contributed by atoms with Crippen molar-refractivity contribution in [2.75, 3.05) is 31.7 Å². The molecule has 11 rings (SSSR count). The predicted molar refractivity (Wildman–Crippen MR) is 267 cm³/mol. The monoisotopic (exact) mass is 1010 g/mol. The van der Waals surface area contributed by atoms with Crippen LogP contribution in [0.5, 0.6) is 0 Å². The molecule has 7 aromatic rings. The number of hydrogen-bond donors (Lipinski definition) is 1. The van der Waals surface area contributed by atoms with Crippen LogP contribution in [-0.2, 0) is 43.4 Å². The van der Waals surface area contributed by atoms with Gasteiger partial charge in [0, 0.05) is 108 Å². The molecule has 2 aliphatic carbocycles. The zero-order chi connectivity index (χ0) is 49.1. The van der Waals surface area contributed by atoms with Crippen LogP contribution in [0.3, 0.4) is 0 Å². The van der Waals surface area contributed by atoms with Crippen molar-refractivity contribution >= 4 is 67.5 Å². The second kappa shape index (κ2) is 21.5. The van der Waals surface area contributed by atoms with Crippen LogP contribution in [0, 0.1) is 5.92 Å². The average molecular weight is 1010 g/mol. The summed E-state index contributed by atoms with van der Waals surface area (Å²) in [6.45, 7) is 3.18. The number of nitrogens with one attached hydrogen (secondary N) is 1. The van der Waals surface area contributed by atoms with Gasteiger partial charge >= 0.3 is 0 Å². The van der Waals surface area contributed by atoms with E-state index in [2.05, 4.69) is 19.9 Å². The first-order valence-corrected chi connectivity index (χ1v) is 25.1. The Hall–Kier alpha value is -5.22. The number of fused-ring (bicyclic) bond motifs is 4. The minimum absolute atomic E-state index is 0.0565. The van der Waals surface area contributed by atoms with Crippen molar-refractivity contribution in [3.63, 3.8) is 0 Å². The first-order valence-electron chi connectivity index (χ1n) is 24.4. The molecule has 10 nitrogen and oxygen atoms in total. The minimum atomic E-state index is -2.73. The normalized spacial score (nSPS) is 22.1. The summed E-state index contributed by atoms with van der Waals surface area (Å²) in [5.74, 6) is -5.68. The summed E-state index contributed by atoms with van der Waals surface area (Å²) >= 11 is 12.6. The van der Waals surface area contributed by atoms with Crippen molar-refractivity contribution < 1.29 is 41.3 Å². The fraction of sp³-hybridized carbons (Fsp3) is 0.418. The lowest BCUT2D eigenvalue weighted by atomic mass is 9.77. The number of aromatic nitrogens is 4. The lowest BCUT2D eigenvalue weighted by molar-refractivity contribution is -0.147. The molecule has 16 heteroatoms. The molecule has 4 atom stereocenters. The fourth-order valence-electron chi connectivity index (χ4n) is 10.3. The van der Waals surface area contributed by atoms with Gasteiger partial charge in [-0.2, -0.15) is 0 Å². The zero-order valence-electron chi connectivity index (χ0n) is 39.1. The fourth-order valence-corrected chi connectivity index (χ4v) is 10.7. The molecule has 0 radical (unpaired) electrons. The SMILES string of the molecule is FC1(F)CC(c2nc3cnc4ccc(Cl)cc4c3n2[C@@H]2CCO[C@H](COCc3ccccc3)C2)C1.O=C(Cc1cnc2ccc(Cl)cc2c1N[C@@H]1CCO[C@H](COCc2ccccc2)C1)C1CC(F)(F)C1. The highest BCUT2D eigenvalue weighted by Gasteiger charge is 2.49. The van der Waals surface area contributed by atoms with Gasteiger partial charge in [0.2, 0.25) is 11.8 Å². The molecule has 2 saturated heterocycles. The topological polar surface area (TPSA) is 110 Å². The third-order valence-electron chi connectivity index (χ3n) is 14.0. The van der Waals surface area contributed by atoms with Crippen LogP contribution in [0.2, 0.25) is 10.0 Å². The number of alkyl halides is 4. The molecule has 4 aliphatic rings. The van der Waals surface area contributed by atoms with Gasteiger partial charge in [0.05, 0.1) is 61.4 Å². The Kier molecular flexibility index (Phi) is 14.9. The predicted octanol–water partition coefficient (Wildman–Crippen LogP) is 12.9. The van der Waals surface area contributed by atoms with Crippen LogP contribution in [0.25, 0.3) is 32.8 Å². The Morgan fingerprint density at radius 3 is 1.92 bits per heavy atom. The van der Waals surface area contributed by atoms with Gasteiger partial charge in [-0.1, -0.05) is 83.9 Å². The molecule has 4 fully saturated rings. The molecule has 1 N–H and O–H groups in total. The van der Waals surface area contributed by atoms with Crippen molar-refractivity contribution in [3.05, 3.63) is 142 Å². The Morgan fingerprint density at radius 2 is 1.28 bits per heavy atom. The van der Waals surface area contributed by atoms with Crippen LogP contribution >= 0.6 is 23.2 Å². The van der Waals surface area contributed by atoms with Crippen molar-refractivity contribution in [2.45, 2.75) is 113 Å². The number of carbonyl (C=O) groups excluding carboxylic acids is 1. The van der Waals surface area contributed by atoms with Gasteiger partial charge in [0.25, 0.3) is 0 Å². The number of imidazole rings is 1. The van der Waals surface area contributed by atoms with Gasteiger partial charge < -0.3 is 28.8 Å². The molecule has 2 saturated carbocycles. The van der Waals surface area contributed by atoms with Crippen LogP contribution in [0.4, 0.5) is 23.2 Å². The number of ketones is 1. The van der Waals surface area contributed by atoms with Crippen molar-refractivity contribution in [2.24, 2.45) is 5.92 Å². The third kappa shape index (κ3) is 11.9. The summed E-state index contributed by atoms with van der Waals surface area (Å²) in [4.78, 5) is 26.6. The Balaban J connectivity index is 0.000000164. The first kappa shape index (κ1) is 49.4. The van der Waals surface area contributed by atoms with Gasteiger partial charge in [-0.15, -0.1) is 0 Å². The highest BCUT2D eigenvalue weighted by Crippen LogP contribution is 2.50. The summed E-state index contributed by atoms with van der Waals surface area (Å²) in [6, 6.07) is 31.2. The second-order valence-electron chi connectivity index (χ2n) is 19.4. The van der Waals surface area contributed by atoms with Crippen LogP contribution in [0.1, 0.15) is 85.8 Å². The first-order chi connectivity index (χ1) is 34.3. The summed E-state index contributed by atoms with van der Waals surface area (Å²) in [5.41, 5.74) is 6.91. The Bertz CT molecular complexity index is 2970. The number of benzene rings is 4. The summed E-state index contributed by atoms with van der Waals surface area (Å²) in [5, 5.41) is 6.50. The van der Waals surface area contributed by atoms with E-state index in [0.717, 1.165) is 75.6 Å². The molecule has 0 spiro atoms. The number of hydrogen-bond acceptors (Lipinski definition) is 9. The molecule has 0 unspecified atom stereocenters. The van der Waals surface area contributed by atoms with E-state index in [1.807, 2.05) is 91.0 Å². The van der Waals surface area contributed by atoms with E-state index in [1.165, 1.54) is 0 Å². The van der Waals surface area contributed by atoms with Crippen molar-refractivity contribution in [1.29, 1.82) is 0 Å². The smallest absolute Gasteiger partial charge is 0.249 e. The molecule has 4 aromatic carbocycles. The van der Waals surface area contributed by atoms with Crippen LogP contribution < -0.4 is 5.32 Å². The van der Waals surface area contributed by atoms with Gasteiger partial charge in [-0.3, -0.25) is 14.8 Å². The van der Waals surface area contributed by atoms with Crippen LogP contribution in [-0.4, -0.2) is 81.8 Å². The number of nitrogens with zero attached hydrogens (tertiary/aromatic N) is 4. The minimum Gasteiger partial charge on any atom is -0.381 e. The van der Waals surface area contributed by atoms with E-state index >= 15 is 0 Å². The largest absolute Gasteiger partial charge is 0.381 e. The van der Waals surface area contributed by atoms with Crippen molar-refractivity contribution in [1.82, 2.24) is 19.5 Å². The maximum atomic E-state index is 13.8. The zero-order valence-corrected chi connectivity index (χ0v) is 40.6. The standard InChI is InChI=1S/C28H29ClF2N2O3.C27H26ClF2N3O2/c29-21-6-7-25-24(11-21)27(19(15-32-25)10-26(34)20-13-28(30,31)14-20)33-22-8-9-36-23(12-22)17-35-16-18-4-2-1-3-5-18;28-19-6-7-23-22(10-19)25-24(14-31-23)32-26(18-12-27(29,30)13-18)33(25)20-8-9-35-21(11-20)16-34-15-17-4-2-1-3-5-17/h1-7,11,15,20,22-23H,8-10,12-14,16-17H2,(H,32,33);1-7,10,14,18,20-21H,8-9,11-13,15-16H2/t22-,23+;20-,21+/m11/s1. The maximum absolute atomic E-state index is 13.8. The molecule has 71 heavy (non-hydrogen) atoms. The highest BCUT2D eigenvalue weighted by atomic mass is 35.5. The number of rotatable bonds is 15. The summed E-state index contributed by atoms with van der Waals surface area (Å²) < 4.78 is 80.4. The Morgan fingerprint density at radius 1 is 0.704 bits per heavy atom. The number of ether oxygens (including phenoxy) is 4. The van der Waals surface area contributed by atoms with E-state index in [-0.39, 0.29) is 68.1 Å². The summed E-state index contributed by atoms with van der Waals surface area (Å²) in [6.07, 6.45) is 5.29. The molecule has 3 aromatic heterocycles. The number of anilines is 1. The molecular formula is C55H55Cl2F4N5O5. The number of Topliss-reactive ketones (excluding diaryl/α,β-unsaturated/α-hetero) is 1. The van der Waals surface area contributed by atoms with Gasteiger partial charge in [0.15, 0.2) is 0 Å². The number of carbonyl (C=O) groups is 1. The lowest BCUT2D eigenvalue weighted by Crippen LogP contribution is -2.40. The molecule has 5 heterocycles. The molecule has 0 amide bonds. The van der Waals surface area contributed by atoms with E-state index < -0.39 is 17.8 Å². The van der Waals surface area contributed by atoms with E-state index in [9.17, 15) is 22.4 Å². The Labute approximate surface area is 419 Å². The third-order valence-corrected chi connectivity index (χ3v) is 14.5. The van der Waals surface area contributed by atoms with E-state index in [4.69, 9.17) is 47.1 Å². The number of pyridine rings is 2. The van der Waals surface area contributed by atoms with E-state index in [1.54, 1.807) is 18.5 Å². The molecule has 0 bridgehead atoms. The van der Waals surface area contributed by atoms with Gasteiger partial charge in [-0.25, -0.2) is 22.5 Å².